The molecule has 1 rings (SSSR count). The average molecular weight is 251 g/mol. The van der Waals surface area contributed by atoms with E-state index < -0.39 is 4.92 Å². The van der Waals surface area contributed by atoms with Gasteiger partial charge in [0.05, 0.1) is 4.92 Å². The summed E-state index contributed by atoms with van der Waals surface area (Å²) in [5.41, 5.74) is 0.816. The van der Waals surface area contributed by atoms with Gasteiger partial charge >= 0.3 is 5.69 Å². The number of aromatic nitrogens is 1. The maximum Gasteiger partial charge on any atom is 0.311 e. The Labute approximate surface area is 108 Å². The quantitative estimate of drug-likeness (QED) is 0.620. The van der Waals surface area contributed by atoms with Crippen molar-refractivity contribution in [1.29, 1.82) is 0 Å². The molecule has 0 aliphatic rings. The number of aryl methyl sites for hydroxylation is 1. The van der Waals surface area contributed by atoms with E-state index in [9.17, 15) is 10.1 Å². The topological polar surface area (TPSA) is 68.1 Å². The Hall–Kier alpha value is -1.65. The predicted molar refractivity (Wildman–Crippen MR) is 72.8 cm³/mol. The van der Waals surface area contributed by atoms with E-state index >= 15 is 0 Å². The number of hydrogen-bond acceptors (Lipinski definition) is 4. The Morgan fingerprint density at radius 1 is 1.33 bits per heavy atom. The van der Waals surface area contributed by atoms with Crippen LogP contribution in [0.3, 0.4) is 0 Å². The van der Waals surface area contributed by atoms with Crippen LogP contribution in [0, 0.1) is 23.0 Å². The number of nitrogens with one attached hydrogen (secondary N) is 1. The lowest BCUT2D eigenvalue weighted by Crippen LogP contribution is -2.18. The summed E-state index contributed by atoms with van der Waals surface area (Å²) in [7, 11) is 0. The van der Waals surface area contributed by atoms with E-state index in [4.69, 9.17) is 0 Å². The summed E-state index contributed by atoms with van der Waals surface area (Å²) in [5.74, 6) is 1.01. The summed E-state index contributed by atoms with van der Waals surface area (Å²) < 4.78 is 0. The van der Waals surface area contributed by atoms with Gasteiger partial charge in [-0.25, -0.2) is 4.98 Å². The Balaban J connectivity index is 2.76. The van der Waals surface area contributed by atoms with E-state index in [0.29, 0.717) is 11.7 Å². The molecule has 0 radical (unpaired) electrons. The third-order valence-corrected chi connectivity index (χ3v) is 2.77. The van der Waals surface area contributed by atoms with Crippen molar-refractivity contribution in [2.75, 3.05) is 5.32 Å². The first kappa shape index (κ1) is 14.4. The highest BCUT2D eigenvalue weighted by Crippen LogP contribution is 2.23. The van der Waals surface area contributed by atoms with Crippen molar-refractivity contribution in [2.24, 2.45) is 5.92 Å². The molecule has 0 aliphatic carbocycles. The molecule has 5 heteroatoms. The van der Waals surface area contributed by atoms with Gasteiger partial charge in [0.2, 0.25) is 5.82 Å². The summed E-state index contributed by atoms with van der Waals surface area (Å²) >= 11 is 0. The van der Waals surface area contributed by atoms with Crippen molar-refractivity contribution < 1.29 is 4.92 Å². The van der Waals surface area contributed by atoms with Crippen LogP contribution in [0.25, 0.3) is 0 Å². The minimum Gasteiger partial charge on any atom is -0.362 e. The highest BCUT2D eigenvalue weighted by Gasteiger charge is 2.16. The normalized spacial score (nSPS) is 12.5. The maximum absolute atomic E-state index is 10.9. The van der Waals surface area contributed by atoms with Gasteiger partial charge < -0.3 is 5.32 Å². The van der Waals surface area contributed by atoms with Gasteiger partial charge in [0.1, 0.15) is 0 Å². The molecule has 0 spiro atoms. The smallest absolute Gasteiger partial charge is 0.311 e. The second kappa shape index (κ2) is 6.33. The fourth-order valence-corrected chi connectivity index (χ4v) is 1.69. The Bertz CT molecular complexity index is 419. The van der Waals surface area contributed by atoms with Crippen LogP contribution in [0.15, 0.2) is 12.1 Å². The summed E-state index contributed by atoms with van der Waals surface area (Å²) in [4.78, 5) is 14.7. The Kier molecular flexibility index (Phi) is 5.07. The van der Waals surface area contributed by atoms with E-state index in [1.54, 1.807) is 6.07 Å². The number of hydrogen-bond donors (Lipinski definition) is 1. The fourth-order valence-electron chi connectivity index (χ4n) is 1.69. The van der Waals surface area contributed by atoms with E-state index in [1.165, 1.54) is 6.07 Å². The molecule has 0 saturated carbocycles. The third kappa shape index (κ3) is 4.31. The molecule has 1 atom stereocenters. The SMILES string of the molecule is Cc1ccc([N+](=O)[O-])c(NC(C)CCC(C)C)n1. The van der Waals surface area contributed by atoms with Gasteiger partial charge in [-0.2, -0.15) is 0 Å². The molecule has 1 aromatic rings. The van der Waals surface area contributed by atoms with E-state index in [-0.39, 0.29) is 11.7 Å². The van der Waals surface area contributed by atoms with Gasteiger partial charge in [-0.1, -0.05) is 13.8 Å². The van der Waals surface area contributed by atoms with Crippen LogP contribution < -0.4 is 5.32 Å². The molecule has 0 fully saturated rings. The second-order valence-corrected chi connectivity index (χ2v) is 5.09. The molecule has 18 heavy (non-hydrogen) atoms. The molecular formula is C13H21N3O2. The van der Waals surface area contributed by atoms with Gasteiger partial charge in [0, 0.05) is 17.8 Å². The van der Waals surface area contributed by atoms with Gasteiger partial charge in [-0.05, 0) is 38.7 Å². The first-order valence-electron chi connectivity index (χ1n) is 6.28. The van der Waals surface area contributed by atoms with Crippen molar-refractivity contribution >= 4 is 11.5 Å². The van der Waals surface area contributed by atoms with Gasteiger partial charge in [-0.3, -0.25) is 10.1 Å². The molecule has 1 aromatic heterocycles. The standard InChI is InChI=1S/C13H21N3O2/c1-9(2)5-6-10(3)14-13-12(16(17)18)8-7-11(4)15-13/h7-10H,5-6H2,1-4H3,(H,14,15). The molecule has 5 nitrogen and oxygen atoms in total. The van der Waals surface area contributed by atoms with Crippen molar-refractivity contribution in [3.63, 3.8) is 0 Å². The third-order valence-electron chi connectivity index (χ3n) is 2.77. The van der Waals surface area contributed by atoms with Gasteiger partial charge in [0.15, 0.2) is 0 Å². The minimum absolute atomic E-state index is 0.0389. The molecule has 0 bridgehead atoms. The lowest BCUT2D eigenvalue weighted by Gasteiger charge is -2.15. The maximum atomic E-state index is 10.9. The fraction of sp³-hybridized carbons (Fsp3) is 0.615. The van der Waals surface area contributed by atoms with Crippen LogP contribution in [0.4, 0.5) is 11.5 Å². The van der Waals surface area contributed by atoms with Crippen LogP contribution in [-0.2, 0) is 0 Å². The van der Waals surface area contributed by atoms with E-state index in [0.717, 1.165) is 18.5 Å². The molecule has 0 amide bonds. The minimum atomic E-state index is -0.399. The first-order valence-corrected chi connectivity index (χ1v) is 6.28. The Morgan fingerprint density at radius 3 is 2.56 bits per heavy atom. The van der Waals surface area contributed by atoms with Gasteiger partial charge in [-0.15, -0.1) is 0 Å². The number of anilines is 1. The summed E-state index contributed by atoms with van der Waals surface area (Å²) in [6.07, 6.45) is 2.07. The number of pyridine rings is 1. The molecule has 100 valence electrons. The Morgan fingerprint density at radius 2 is 2.00 bits per heavy atom. The van der Waals surface area contributed by atoms with Crippen molar-refractivity contribution in [1.82, 2.24) is 4.98 Å². The molecular weight excluding hydrogens is 230 g/mol. The molecule has 0 aliphatic heterocycles. The molecule has 0 saturated heterocycles. The van der Waals surface area contributed by atoms with Crippen LogP contribution in [0.2, 0.25) is 0 Å². The van der Waals surface area contributed by atoms with Gasteiger partial charge in [0.25, 0.3) is 0 Å². The predicted octanol–water partition coefficient (Wildman–Crippen LogP) is 3.53. The van der Waals surface area contributed by atoms with E-state index in [2.05, 4.69) is 24.1 Å². The first-order chi connectivity index (χ1) is 8.40. The van der Waals surface area contributed by atoms with Crippen LogP contribution in [0.5, 0.6) is 0 Å². The zero-order chi connectivity index (χ0) is 13.7. The number of nitro groups is 1. The van der Waals surface area contributed by atoms with Crippen LogP contribution >= 0.6 is 0 Å². The molecule has 1 unspecified atom stereocenters. The highest BCUT2D eigenvalue weighted by atomic mass is 16.6. The second-order valence-electron chi connectivity index (χ2n) is 5.09. The van der Waals surface area contributed by atoms with Crippen molar-refractivity contribution in [2.45, 2.75) is 46.6 Å². The summed E-state index contributed by atoms with van der Waals surface area (Å²) in [6.45, 7) is 8.18. The van der Waals surface area contributed by atoms with E-state index in [1.807, 2.05) is 13.8 Å². The lowest BCUT2D eigenvalue weighted by atomic mass is 10.0. The molecule has 1 N–H and O–H groups in total. The number of rotatable bonds is 6. The highest BCUT2D eigenvalue weighted by molar-refractivity contribution is 5.56. The summed E-state index contributed by atoms with van der Waals surface area (Å²) in [6, 6.07) is 3.34. The molecule has 1 heterocycles. The monoisotopic (exact) mass is 251 g/mol. The van der Waals surface area contributed by atoms with Crippen molar-refractivity contribution in [3.8, 4) is 0 Å². The number of nitrogens with zero attached hydrogens (tertiary/aromatic N) is 2. The lowest BCUT2D eigenvalue weighted by molar-refractivity contribution is -0.384. The molecule has 0 aromatic carbocycles. The van der Waals surface area contributed by atoms with Crippen LogP contribution in [-0.4, -0.2) is 15.9 Å². The zero-order valence-corrected chi connectivity index (χ0v) is 11.4. The van der Waals surface area contributed by atoms with Crippen molar-refractivity contribution in [3.05, 3.63) is 27.9 Å². The largest absolute Gasteiger partial charge is 0.362 e. The van der Waals surface area contributed by atoms with Crippen LogP contribution in [0.1, 0.15) is 39.3 Å². The summed E-state index contributed by atoms with van der Waals surface area (Å²) in [5, 5.41) is 14.0. The zero-order valence-electron chi connectivity index (χ0n) is 11.4. The average Bonchev–Trinajstić information content (AvgIpc) is 2.26.